The summed E-state index contributed by atoms with van der Waals surface area (Å²) in [5.41, 5.74) is 2.56. The van der Waals surface area contributed by atoms with Gasteiger partial charge in [0.05, 0.1) is 11.5 Å². The molecule has 0 aliphatic carbocycles. The second-order valence-corrected chi connectivity index (χ2v) is 6.53. The molecule has 0 bridgehead atoms. The van der Waals surface area contributed by atoms with E-state index in [0.717, 1.165) is 11.6 Å². The lowest BCUT2D eigenvalue weighted by atomic mass is 10.1. The van der Waals surface area contributed by atoms with Gasteiger partial charge >= 0.3 is 5.97 Å². The Labute approximate surface area is 126 Å². The summed E-state index contributed by atoms with van der Waals surface area (Å²) in [6.07, 6.45) is 1.12. The van der Waals surface area contributed by atoms with Crippen LogP contribution in [0.4, 0.5) is 0 Å². The van der Waals surface area contributed by atoms with Crippen LogP contribution in [0, 0.1) is 20.8 Å². The number of hydrogen-bond donors (Lipinski definition) is 1. The first kappa shape index (κ1) is 17.2. The summed E-state index contributed by atoms with van der Waals surface area (Å²) in [5.74, 6) is -0.574. The number of nitrogens with one attached hydrogen (secondary N) is 1. The van der Waals surface area contributed by atoms with Crippen LogP contribution >= 0.6 is 0 Å². The molecule has 6 heteroatoms. The molecule has 0 amide bonds. The van der Waals surface area contributed by atoms with E-state index in [4.69, 9.17) is 4.74 Å². The molecule has 0 aliphatic rings. The molecule has 0 heterocycles. The van der Waals surface area contributed by atoms with Crippen LogP contribution in [0.3, 0.4) is 0 Å². The molecule has 1 rings (SSSR count). The van der Waals surface area contributed by atoms with Crippen LogP contribution in [0.1, 0.15) is 30.5 Å². The highest BCUT2D eigenvalue weighted by Crippen LogP contribution is 2.22. The topological polar surface area (TPSA) is 72.5 Å². The molecule has 0 aromatic heterocycles. The average molecular weight is 311 g/mol. The van der Waals surface area contributed by atoms with Gasteiger partial charge in [0.25, 0.3) is 10.0 Å². The molecule has 116 valence electrons. The van der Waals surface area contributed by atoms with E-state index < -0.39 is 16.0 Å². The highest BCUT2D eigenvalue weighted by Gasteiger charge is 2.20. The van der Waals surface area contributed by atoms with Crippen molar-refractivity contribution in [2.45, 2.75) is 39.5 Å². The molecule has 0 spiro atoms. The highest BCUT2D eigenvalue weighted by atomic mass is 32.2. The van der Waals surface area contributed by atoms with Crippen molar-refractivity contribution >= 4 is 16.0 Å². The molecule has 1 N–H and O–H groups in total. The molecule has 0 atom stereocenters. The van der Waals surface area contributed by atoms with Crippen molar-refractivity contribution in [1.82, 2.24) is 4.72 Å². The molecule has 1 aromatic carbocycles. The van der Waals surface area contributed by atoms with Gasteiger partial charge in [-0.1, -0.05) is 17.7 Å². The van der Waals surface area contributed by atoms with Crippen LogP contribution in [0.25, 0.3) is 0 Å². The van der Waals surface area contributed by atoms with Crippen molar-refractivity contribution in [2.75, 3.05) is 6.61 Å². The van der Waals surface area contributed by atoms with Crippen molar-refractivity contribution in [2.24, 2.45) is 0 Å². The quantitative estimate of drug-likeness (QED) is 0.669. The maximum Gasteiger partial charge on any atom is 0.332 e. The number of hydrogen-bond acceptors (Lipinski definition) is 4. The van der Waals surface area contributed by atoms with Crippen molar-refractivity contribution in [3.05, 3.63) is 40.6 Å². The van der Waals surface area contributed by atoms with Gasteiger partial charge in [-0.2, -0.15) is 0 Å². The van der Waals surface area contributed by atoms with Gasteiger partial charge < -0.3 is 4.74 Å². The van der Waals surface area contributed by atoms with Gasteiger partial charge in [0, 0.05) is 11.8 Å². The predicted octanol–water partition coefficient (Wildman–Crippen LogP) is 2.36. The molecule has 0 aliphatic heterocycles. The monoisotopic (exact) mass is 311 g/mol. The highest BCUT2D eigenvalue weighted by molar-refractivity contribution is 7.89. The normalized spacial score (nSPS) is 12.1. The van der Waals surface area contributed by atoms with E-state index in [1.807, 2.05) is 19.1 Å². The van der Waals surface area contributed by atoms with Crippen LogP contribution in [0.15, 0.2) is 28.8 Å². The Morgan fingerprint density at radius 2 is 1.76 bits per heavy atom. The second kappa shape index (κ2) is 6.76. The number of rotatable bonds is 5. The van der Waals surface area contributed by atoms with Crippen molar-refractivity contribution in [1.29, 1.82) is 0 Å². The Hall–Kier alpha value is -1.82. The molecule has 21 heavy (non-hydrogen) atoms. The van der Waals surface area contributed by atoms with Gasteiger partial charge in [0.1, 0.15) is 0 Å². The zero-order valence-electron chi connectivity index (χ0n) is 13.0. The molecule has 0 saturated heterocycles. The Bertz CT molecular complexity index is 652. The molecule has 5 nitrogen and oxygen atoms in total. The number of aryl methyl sites for hydroxylation is 3. The SMILES string of the molecule is CCOC(=O)C=C(C)NS(=O)(=O)c1c(C)cc(C)cc1C. The minimum atomic E-state index is -3.72. The maximum atomic E-state index is 12.4. The first-order valence-corrected chi connectivity index (χ1v) is 8.11. The van der Waals surface area contributed by atoms with E-state index in [1.165, 1.54) is 6.92 Å². The Morgan fingerprint density at radius 3 is 2.24 bits per heavy atom. The fraction of sp³-hybridized carbons (Fsp3) is 0.400. The van der Waals surface area contributed by atoms with Gasteiger partial charge in [-0.15, -0.1) is 0 Å². The number of esters is 1. The number of allylic oxidation sites excluding steroid dienone is 1. The Kier molecular flexibility index (Phi) is 5.54. The summed E-state index contributed by atoms with van der Waals surface area (Å²) in [7, 11) is -3.72. The maximum absolute atomic E-state index is 12.4. The first-order chi connectivity index (χ1) is 9.67. The lowest BCUT2D eigenvalue weighted by Crippen LogP contribution is -2.24. The van der Waals surface area contributed by atoms with Crippen LogP contribution in [-0.2, 0) is 19.6 Å². The fourth-order valence-electron chi connectivity index (χ4n) is 2.24. The summed E-state index contributed by atoms with van der Waals surface area (Å²) in [5, 5.41) is 0. The van der Waals surface area contributed by atoms with Gasteiger partial charge in [0.15, 0.2) is 0 Å². The molecule has 0 radical (unpaired) electrons. The number of benzene rings is 1. The van der Waals surface area contributed by atoms with E-state index >= 15 is 0 Å². The van der Waals surface area contributed by atoms with E-state index in [-0.39, 0.29) is 17.2 Å². The number of carbonyl (C=O) groups excluding carboxylic acids is 1. The zero-order valence-corrected chi connectivity index (χ0v) is 13.8. The minimum Gasteiger partial charge on any atom is -0.463 e. The summed E-state index contributed by atoms with van der Waals surface area (Å²) < 4.78 is 32.0. The Morgan fingerprint density at radius 1 is 1.24 bits per heavy atom. The number of carbonyl (C=O) groups is 1. The third-order valence-corrected chi connectivity index (χ3v) is 4.56. The number of sulfonamides is 1. The third kappa shape index (κ3) is 4.60. The van der Waals surface area contributed by atoms with E-state index in [2.05, 4.69) is 4.72 Å². The smallest absolute Gasteiger partial charge is 0.332 e. The summed E-state index contributed by atoms with van der Waals surface area (Å²) in [6, 6.07) is 3.62. The summed E-state index contributed by atoms with van der Waals surface area (Å²) in [4.78, 5) is 11.6. The largest absolute Gasteiger partial charge is 0.463 e. The van der Waals surface area contributed by atoms with E-state index in [1.54, 1.807) is 20.8 Å². The van der Waals surface area contributed by atoms with Gasteiger partial charge in [0.2, 0.25) is 0 Å². The predicted molar refractivity (Wildman–Crippen MR) is 81.4 cm³/mol. The molecule has 0 saturated carbocycles. The first-order valence-electron chi connectivity index (χ1n) is 6.63. The Balaban J connectivity index is 3.11. The van der Waals surface area contributed by atoms with Crippen LogP contribution in [0.2, 0.25) is 0 Å². The average Bonchev–Trinajstić information content (AvgIpc) is 2.25. The van der Waals surface area contributed by atoms with Crippen LogP contribution in [0.5, 0.6) is 0 Å². The lowest BCUT2D eigenvalue weighted by Gasteiger charge is -2.14. The molecule has 1 aromatic rings. The minimum absolute atomic E-state index is 0.216. The van der Waals surface area contributed by atoms with Crippen molar-refractivity contribution in [3.8, 4) is 0 Å². The van der Waals surface area contributed by atoms with Crippen molar-refractivity contribution in [3.63, 3.8) is 0 Å². The second-order valence-electron chi connectivity index (χ2n) is 4.91. The molecule has 0 unspecified atom stereocenters. The molecular formula is C15H21NO4S. The van der Waals surface area contributed by atoms with E-state index in [0.29, 0.717) is 11.1 Å². The van der Waals surface area contributed by atoms with Gasteiger partial charge in [-0.25, -0.2) is 13.2 Å². The van der Waals surface area contributed by atoms with Gasteiger partial charge in [-0.05, 0) is 45.7 Å². The molecular weight excluding hydrogens is 290 g/mol. The summed E-state index contributed by atoms with van der Waals surface area (Å²) >= 11 is 0. The lowest BCUT2D eigenvalue weighted by molar-refractivity contribution is -0.137. The number of ether oxygens (including phenoxy) is 1. The van der Waals surface area contributed by atoms with Gasteiger partial charge in [-0.3, -0.25) is 4.72 Å². The fourth-order valence-corrected chi connectivity index (χ4v) is 3.79. The van der Waals surface area contributed by atoms with E-state index in [9.17, 15) is 13.2 Å². The van der Waals surface area contributed by atoms with Crippen LogP contribution in [-0.4, -0.2) is 21.0 Å². The summed E-state index contributed by atoms with van der Waals surface area (Å²) in [6.45, 7) is 8.84. The van der Waals surface area contributed by atoms with Crippen LogP contribution < -0.4 is 4.72 Å². The zero-order chi connectivity index (χ0) is 16.2. The van der Waals surface area contributed by atoms with Crippen molar-refractivity contribution < 1.29 is 17.9 Å². The third-order valence-electron chi connectivity index (χ3n) is 2.79. The standard InChI is InChI=1S/C15H21NO4S/c1-6-20-14(17)9-13(5)16-21(18,19)15-11(3)7-10(2)8-12(15)4/h7-9,16H,6H2,1-5H3. The molecule has 0 fully saturated rings.